The third kappa shape index (κ3) is 3.63. The van der Waals surface area contributed by atoms with Crippen molar-refractivity contribution in [3.05, 3.63) is 65.5 Å². The van der Waals surface area contributed by atoms with E-state index in [0.717, 1.165) is 18.3 Å². The van der Waals surface area contributed by atoms with Crippen LogP contribution in [-0.2, 0) is 0 Å². The van der Waals surface area contributed by atoms with E-state index >= 15 is 0 Å². The van der Waals surface area contributed by atoms with Crippen LogP contribution in [0.2, 0.25) is 0 Å². The number of hydrogen-bond acceptors (Lipinski definition) is 5. The van der Waals surface area contributed by atoms with Crippen LogP contribution in [-0.4, -0.2) is 44.9 Å². The molecule has 2 amide bonds. The summed E-state index contributed by atoms with van der Waals surface area (Å²) in [5, 5.41) is 23.0. The van der Waals surface area contributed by atoms with Crippen LogP contribution in [0, 0.1) is 5.92 Å². The number of urea groups is 1. The molecule has 3 atom stereocenters. The standard InChI is InChI=1S/C18H14F3N3O5/c19-18(20,21)17(29)12(14(25)11-2-1-7-22-8-11)13(23-16(28)24-17)9-3-5-10(6-4-9)15(26)27/h1-8,12-13,29H,(H,26,27)(H2,23,24,28)/t12-,13+,17-/m1/s1. The Labute approximate surface area is 161 Å². The van der Waals surface area contributed by atoms with Gasteiger partial charge >= 0.3 is 18.2 Å². The maximum Gasteiger partial charge on any atom is 0.437 e. The molecule has 1 aromatic heterocycles. The Kier molecular flexibility index (Phi) is 5.01. The summed E-state index contributed by atoms with van der Waals surface area (Å²) in [6, 6.07) is 4.20. The van der Waals surface area contributed by atoms with Gasteiger partial charge in [0.25, 0.3) is 0 Å². The van der Waals surface area contributed by atoms with Crippen molar-refractivity contribution in [2.75, 3.05) is 0 Å². The molecule has 3 rings (SSSR count). The number of alkyl halides is 3. The molecule has 0 unspecified atom stereocenters. The van der Waals surface area contributed by atoms with E-state index in [0.29, 0.717) is 0 Å². The first-order valence-corrected chi connectivity index (χ1v) is 8.20. The number of rotatable bonds is 4. The van der Waals surface area contributed by atoms with E-state index < -0.39 is 41.6 Å². The summed E-state index contributed by atoms with van der Waals surface area (Å²) in [5.74, 6) is -4.58. The van der Waals surface area contributed by atoms with Gasteiger partial charge in [0, 0.05) is 18.0 Å². The Morgan fingerprint density at radius 3 is 2.28 bits per heavy atom. The van der Waals surface area contributed by atoms with Crippen molar-refractivity contribution in [1.29, 1.82) is 0 Å². The zero-order chi connectivity index (χ0) is 21.4. The van der Waals surface area contributed by atoms with Crippen molar-refractivity contribution in [3.8, 4) is 0 Å². The molecular weight excluding hydrogens is 395 g/mol. The number of pyridine rings is 1. The third-order valence-electron chi connectivity index (χ3n) is 4.55. The van der Waals surface area contributed by atoms with Crippen LogP contribution in [0.1, 0.15) is 32.3 Å². The SMILES string of the molecule is O=C1N[C@@H](c2ccc(C(=O)O)cc2)[C@H](C(=O)c2cccnc2)[C@@](O)(C(F)(F)F)N1. The summed E-state index contributed by atoms with van der Waals surface area (Å²) in [4.78, 5) is 39.5. The molecule has 1 aromatic carbocycles. The largest absolute Gasteiger partial charge is 0.478 e. The number of carbonyl (C=O) groups is 3. The van der Waals surface area contributed by atoms with E-state index in [2.05, 4.69) is 10.3 Å². The minimum Gasteiger partial charge on any atom is -0.478 e. The summed E-state index contributed by atoms with van der Waals surface area (Å²) in [5.41, 5.74) is -4.20. The van der Waals surface area contributed by atoms with Crippen molar-refractivity contribution < 1.29 is 37.8 Å². The first-order valence-electron chi connectivity index (χ1n) is 8.20. The first-order chi connectivity index (χ1) is 13.5. The van der Waals surface area contributed by atoms with Crippen molar-refractivity contribution in [2.24, 2.45) is 5.92 Å². The van der Waals surface area contributed by atoms with Crippen LogP contribution in [0.15, 0.2) is 48.8 Å². The molecule has 1 aliphatic heterocycles. The number of carboxylic acids is 1. The van der Waals surface area contributed by atoms with Gasteiger partial charge < -0.3 is 20.8 Å². The molecule has 29 heavy (non-hydrogen) atoms. The highest BCUT2D eigenvalue weighted by Gasteiger charge is 2.66. The lowest BCUT2D eigenvalue weighted by Crippen LogP contribution is -2.72. The van der Waals surface area contributed by atoms with Gasteiger partial charge in [0.1, 0.15) is 5.92 Å². The van der Waals surface area contributed by atoms with Crippen LogP contribution in [0.5, 0.6) is 0 Å². The number of aromatic carboxylic acids is 1. The lowest BCUT2D eigenvalue weighted by atomic mass is 9.77. The van der Waals surface area contributed by atoms with Gasteiger partial charge in [-0.15, -0.1) is 0 Å². The van der Waals surface area contributed by atoms with Gasteiger partial charge in [0.2, 0.25) is 5.72 Å². The van der Waals surface area contributed by atoms with Crippen LogP contribution < -0.4 is 10.6 Å². The fourth-order valence-corrected chi connectivity index (χ4v) is 3.14. The lowest BCUT2D eigenvalue weighted by Gasteiger charge is -2.45. The highest BCUT2D eigenvalue weighted by molar-refractivity contribution is 6.00. The van der Waals surface area contributed by atoms with E-state index in [1.54, 1.807) is 0 Å². The summed E-state index contributed by atoms with van der Waals surface area (Å²) in [6.45, 7) is 0. The van der Waals surface area contributed by atoms with Crippen LogP contribution in [0.25, 0.3) is 0 Å². The molecule has 1 aliphatic rings. The lowest BCUT2D eigenvalue weighted by molar-refractivity contribution is -0.287. The fourth-order valence-electron chi connectivity index (χ4n) is 3.14. The van der Waals surface area contributed by atoms with Gasteiger partial charge in [-0.05, 0) is 29.8 Å². The van der Waals surface area contributed by atoms with Crippen molar-refractivity contribution in [3.63, 3.8) is 0 Å². The number of amides is 2. The number of hydrogen-bond donors (Lipinski definition) is 4. The Bertz CT molecular complexity index is 949. The predicted molar refractivity (Wildman–Crippen MR) is 90.9 cm³/mol. The molecule has 1 fully saturated rings. The molecule has 11 heteroatoms. The van der Waals surface area contributed by atoms with E-state index in [1.165, 1.54) is 35.8 Å². The Morgan fingerprint density at radius 2 is 1.76 bits per heavy atom. The average molecular weight is 409 g/mol. The second-order valence-electron chi connectivity index (χ2n) is 6.35. The van der Waals surface area contributed by atoms with Crippen molar-refractivity contribution >= 4 is 17.8 Å². The van der Waals surface area contributed by atoms with E-state index in [1.807, 2.05) is 0 Å². The number of halogens is 3. The molecule has 2 heterocycles. The number of ketones is 1. The molecule has 4 N–H and O–H groups in total. The quantitative estimate of drug-likeness (QED) is 0.571. The average Bonchev–Trinajstić information content (AvgIpc) is 2.67. The van der Waals surface area contributed by atoms with Gasteiger partial charge in [-0.3, -0.25) is 9.78 Å². The monoisotopic (exact) mass is 409 g/mol. The molecule has 152 valence electrons. The number of carboxylic acid groups (broad SMARTS) is 1. The molecule has 1 saturated heterocycles. The normalized spacial score (nSPS) is 24.3. The Hall–Kier alpha value is -3.47. The number of aromatic nitrogens is 1. The second-order valence-corrected chi connectivity index (χ2v) is 6.35. The first kappa shape index (κ1) is 20.3. The zero-order valence-electron chi connectivity index (χ0n) is 14.5. The van der Waals surface area contributed by atoms with Gasteiger partial charge in [0.15, 0.2) is 5.78 Å². The molecule has 0 spiro atoms. The topological polar surface area (TPSA) is 129 Å². The summed E-state index contributed by atoms with van der Waals surface area (Å²) in [6.07, 6.45) is -3.03. The van der Waals surface area contributed by atoms with Crippen LogP contribution in [0.3, 0.4) is 0 Å². The van der Waals surface area contributed by atoms with Gasteiger partial charge in [-0.1, -0.05) is 12.1 Å². The summed E-state index contributed by atoms with van der Waals surface area (Å²) < 4.78 is 41.2. The molecule has 0 bridgehead atoms. The van der Waals surface area contributed by atoms with E-state index in [-0.39, 0.29) is 16.7 Å². The maximum atomic E-state index is 13.7. The Morgan fingerprint density at radius 1 is 1.10 bits per heavy atom. The number of Topliss-reactive ketones (excluding diaryl/α,β-unsaturated/α-hetero) is 1. The van der Waals surface area contributed by atoms with Gasteiger partial charge in [0.05, 0.1) is 11.6 Å². The van der Waals surface area contributed by atoms with Crippen LogP contribution >= 0.6 is 0 Å². The van der Waals surface area contributed by atoms with Gasteiger partial charge in [-0.2, -0.15) is 13.2 Å². The minimum absolute atomic E-state index is 0.00904. The summed E-state index contributed by atoms with van der Waals surface area (Å²) in [7, 11) is 0. The smallest absolute Gasteiger partial charge is 0.437 e. The van der Waals surface area contributed by atoms with Gasteiger partial charge in [-0.25, -0.2) is 9.59 Å². The Balaban J connectivity index is 2.14. The highest BCUT2D eigenvalue weighted by Crippen LogP contribution is 2.43. The second kappa shape index (κ2) is 7.17. The molecule has 2 aromatic rings. The maximum absolute atomic E-state index is 13.7. The molecule has 0 saturated carbocycles. The minimum atomic E-state index is -5.38. The molecule has 0 aliphatic carbocycles. The number of carbonyl (C=O) groups excluding carboxylic acids is 2. The number of benzene rings is 1. The zero-order valence-corrected chi connectivity index (χ0v) is 14.5. The van der Waals surface area contributed by atoms with E-state index in [4.69, 9.17) is 5.11 Å². The molecular formula is C18H14F3N3O5. The predicted octanol–water partition coefficient (Wildman–Crippen LogP) is 1.88. The fraction of sp³-hybridized carbons (Fsp3) is 0.222. The van der Waals surface area contributed by atoms with Crippen molar-refractivity contribution in [2.45, 2.75) is 17.9 Å². The molecule has 8 nitrogen and oxygen atoms in total. The highest BCUT2D eigenvalue weighted by atomic mass is 19.4. The number of aliphatic hydroxyl groups is 1. The third-order valence-corrected chi connectivity index (χ3v) is 4.55. The van der Waals surface area contributed by atoms with Crippen molar-refractivity contribution in [1.82, 2.24) is 15.6 Å². The van der Waals surface area contributed by atoms with Crippen LogP contribution in [0.4, 0.5) is 18.0 Å². The number of nitrogens with one attached hydrogen (secondary N) is 2. The van der Waals surface area contributed by atoms with E-state index in [9.17, 15) is 32.7 Å². The number of nitrogens with zero attached hydrogens (tertiary/aromatic N) is 1. The summed E-state index contributed by atoms with van der Waals surface area (Å²) >= 11 is 0. The molecule has 0 radical (unpaired) electrons.